The van der Waals surface area contributed by atoms with Crippen LogP contribution in [0.15, 0.2) is 23.0 Å². The second-order valence-corrected chi connectivity index (χ2v) is 3.07. The van der Waals surface area contributed by atoms with Crippen LogP contribution in [0.3, 0.4) is 0 Å². The van der Waals surface area contributed by atoms with Crippen LogP contribution < -0.4 is 0 Å². The third-order valence-corrected chi connectivity index (χ3v) is 1.71. The van der Waals surface area contributed by atoms with Crippen LogP contribution in [-0.2, 0) is 0 Å². The van der Waals surface area contributed by atoms with Gasteiger partial charge < -0.3 is 9.52 Å². The normalized spacial score (nSPS) is 13.3. The van der Waals surface area contributed by atoms with Crippen LogP contribution in [0.4, 0.5) is 0 Å². The summed E-state index contributed by atoms with van der Waals surface area (Å²) in [7, 11) is 0. The molecule has 12 heavy (non-hydrogen) atoms. The van der Waals surface area contributed by atoms with Crippen LogP contribution in [0.2, 0.25) is 0 Å². The first-order chi connectivity index (χ1) is 5.63. The number of hydrogen-bond donors (Lipinski definition) is 1. The summed E-state index contributed by atoms with van der Waals surface area (Å²) in [6, 6.07) is 1.55. The first-order valence-corrected chi connectivity index (χ1v) is 3.87. The third-order valence-electron chi connectivity index (χ3n) is 1.71. The fraction of sp³-hybridized carbons (Fsp3) is 0.444. The molecule has 1 rings (SSSR count). The van der Waals surface area contributed by atoms with E-state index in [-0.39, 0.29) is 11.7 Å². The molecule has 0 bridgehead atoms. The number of furan rings is 1. The van der Waals surface area contributed by atoms with Crippen molar-refractivity contribution < 1.29 is 14.3 Å². The first-order valence-electron chi connectivity index (χ1n) is 3.87. The lowest BCUT2D eigenvalue weighted by atomic mass is 10.00. The van der Waals surface area contributed by atoms with Gasteiger partial charge in [-0.2, -0.15) is 0 Å². The monoisotopic (exact) mass is 168 g/mol. The van der Waals surface area contributed by atoms with Gasteiger partial charge in [-0.3, -0.25) is 4.79 Å². The molecule has 1 atom stereocenters. The number of aliphatic hydroxyl groups excluding tert-OH is 1. The molecule has 1 aromatic heterocycles. The molecule has 3 nitrogen and oxygen atoms in total. The Morgan fingerprint density at radius 2 is 2.25 bits per heavy atom. The van der Waals surface area contributed by atoms with Crippen molar-refractivity contribution in [2.24, 2.45) is 5.92 Å². The Hall–Kier alpha value is -1.09. The van der Waals surface area contributed by atoms with Gasteiger partial charge in [0.2, 0.25) is 0 Å². The molecule has 0 saturated heterocycles. The minimum absolute atomic E-state index is 0.0626. The van der Waals surface area contributed by atoms with E-state index >= 15 is 0 Å². The lowest BCUT2D eigenvalue weighted by Crippen LogP contribution is -2.25. The van der Waals surface area contributed by atoms with E-state index in [1.165, 1.54) is 12.5 Å². The summed E-state index contributed by atoms with van der Waals surface area (Å²) >= 11 is 0. The lowest BCUT2D eigenvalue weighted by molar-refractivity contribution is 0.0647. The Kier molecular flexibility index (Phi) is 2.65. The van der Waals surface area contributed by atoms with Gasteiger partial charge in [0.05, 0.1) is 11.8 Å². The second kappa shape index (κ2) is 3.54. The lowest BCUT2D eigenvalue weighted by Gasteiger charge is -2.10. The minimum Gasteiger partial charge on any atom is -0.472 e. The molecule has 1 N–H and O–H groups in total. The van der Waals surface area contributed by atoms with Crippen molar-refractivity contribution in [1.29, 1.82) is 0 Å². The number of ketones is 1. The molecule has 1 aromatic rings. The average molecular weight is 168 g/mol. The standard InChI is InChI=1S/C9H12O3/c1-6(2)8(10)9(11)7-3-4-12-5-7/h3-6,8,10H,1-2H3. The van der Waals surface area contributed by atoms with Crippen LogP contribution in [0.25, 0.3) is 0 Å². The maximum atomic E-state index is 11.3. The van der Waals surface area contributed by atoms with E-state index in [0.717, 1.165) is 0 Å². The number of aliphatic hydroxyl groups is 1. The zero-order chi connectivity index (χ0) is 9.14. The van der Waals surface area contributed by atoms with Gasteiger partial charge >= 0.3 is 0 Å². The molecule has 0 aliphatic heterocycles. The topological polar surface area (TPSA) is 50.4 Å². The molecule has 3 heteroatoms. The van der Waals surface area contributed by atoms with Gasteiger partial charge in [-0.05, 0) is 12.0 Å². The number of carbonyl (C=O) groups is 1. The third kappa shape index (κ3) is 1.74. The number of carbonyl (C=O) groups excluding carboxylic acids is 1. The van der Waals surface area contributed by atoms with Crippen LogP contribution >= 0.6 is 0 Å². The smallest absolute Gasteiger partial charge is 0.194 e. The molecule has 0 aliphatic rings. The zero-order valence-corrected chi connectivity index (χ0v) is 7.15. The summed E-state index contributed by atoms with van der Waals surface area (Å²) in [5.41, 5.74) is 0.427. The molecule has 0 amide bonds. The van der Waals surface area contributed by atoms with E-state index in [2.05, 4.69) is 0 Å². The van der Waals surface area contributed by atoms with Crippen LogP contribution in [-0.4, -0.2) is 17.0 Å². The molecule has 0 fully saturated rings. The molecule has 66 valence electrons. The van der Waals surface area contributed by atoms with Gasteiger partial charge in [0, 0.05) is 0 Å². The highest BCUT2D eigenvalue weighted by atomic mass is 16.3. The van der Waals surface area contributed by atoms with Crippen molar-refractivity contribution >= 4 is 5.78 Å². The van der Waals surface area contributed by atoms with Crippen molar-refractivity contribution in [3.05, 3.63) is 24.2 Å². The highest BCUT2D eigenvalue weighted by Gasteiger charge is 2.20. The zero-order valence-electron chi connectivity index (χ0n) is 7.15. The molecule has 0 aromatic carbocycles. The van der Waals surface area contributed by atoms with Crippen molar-refractivity contribution in [2.45, 2.75) is 20.0 Å². The summed E-state index contributed by atoms with van der Waals surface area (Å²) in [5, 5.41) is 9.38. The summed E-state index contributed by atoms with van der Waals surface area (Å²) in [4.78, 5) is 11.3. The number of rotatable bonds is 3. The van der Waals surface area contributed by atoms with Gasteiger partial charge in [-0.15, -0.1) is 0 Å². The molecule has 1 unspecified atom stereocenters. The first kappa shape index (κ1) is 9.00. The number of Topliss-reactive ketones (excluding diaryl/α,β-unsaturated/α-hetero) is 1. The van der Waals surface area contributed by atoms with Crippen molar-refractivity contribution in [1.82, 2.24) is 0 Å². The van der Waals surface area contributed by atoms with Gasteiger partial charge in [-0.25, -0.2) is 0 Å². The summed E-state index contributed by atoms with van der Waals surface area (Å²) < 4.78 is 4.73. The van der Waals surface area contributed by atoms with Gasteiger partial charge in [0.1, 0.15) is 12.4 Å². The largest absolute Gasteiger partial charge is 0.472 e. The predicted molar refractivity (Wildman–Crippen MR) is 43.9 cm³/mol. The second-order valence-electron chi connectivity index (χ2n) is 3.07. The summed E-state index contributed by atoms with van der Waals surface area (Å²) in [6.45, 7) is 3.59. The van der Waals surface area contributed by atoms with E-state index < -0.39 is 6.10 Å². The Labute approximate surface area is 71.0 Å². The Balaban J connectivity index is 2.72. The molecular weight excluding hydrogens is 156 g/mol. The van der Waals surface area contributed by atoms with Crippen LogP contribution in [0.1, 0.15) is 24.2 Å². The van der Waals surface area contributed by atoms with Crippen molar-refractivity contribution in [2.75, 3.05) is 0 Å². The molecular formula is C9H12O3. The predicted octanol–water partition coefficient (Wildman–Crippen LogP) is 1.48. The van der Waals surface area contributed by atoms with Gasteiger partial charge in [0.25, 0.3) is 0 Å². The molecule has 0 aliphatic carbocycles. The minimum atomic E-state index is -0.928. The maximum absolute atomic E-state index is 11.3. The number of hydrogen-bond acceptors (Lipinski definition) is 3. The highest BCUT2D eigenvalue weighted by molar-refractivity contribution is 5.99. The van der Waals surface area contributed by atoms with E-state index in [0.29, 0.717) is 5.56 Å². The molecule has 1 heterocycles. The van der Waals surface area contributed by atoms with E-state index in [1.807, 2.05) is 0 Å². The van der Waals surface area contributed by atoms with Crippen LogP contribution in [0.5, 0.6) is 0 Å². The Morgan fingerprint density at radius 3 is 2.67 bits per heavy atom. The molecule has 0 saturated carbocycles. The maximum Gasteiger partial charge on any atom is 0.194 e. The van der Waals surface area contributed by atoms with Gasteiger partial charge in [-0.1, -0.05) is 13.8 Å². The Bertz CT molecular complexity index is 249. The molecule has 0 spiro atoms. The van der Waals surface area contributed by atoms with E-state index in [4.69, 9.17) is 4.42 Å². The van der Waals surface area contributed by atoms with Crippen molar-refractivity contribution in [3.63, 3.8) is 0 Å². The summed E-state index contributed by atoms with van der Waals surface area (Å²) in [5.74, 6) is -0.342. The van der Waals surface area contributed by atoms with Gasteiger partial charge in [0.15, 0.2) is 5.78 Å². The van der Waals surface area contributed by atoms with Crippen LogP contribution in [0, 0.1) is 5.92 Å². The Morgan fingerprint density at radius 1 is 1.58 bits per heavy atom. The highest BCUT2D eigenvalue weighted by Crippen LogP contribution is 2.10. The van der Waals surface area contributed by atoms with E-state index in [9.17, 15) is 9.90 Å². The fourth-order valence-corrected chi connectivity index (χ4v) is 0.878. The SMILES string of the molecule is CC(C)C(O)C(=O)c1ccoc1. The summed E-state index contributed by atoms with van der Waals surface area (Å²) in [6.07, 6.45) is 1.83. The molecule has 0 radical (unpaired) electrons. The van der Waals surface area contributed by atoms with E-state index in [1.54, 1.807) is 19.9 Å². The van der Waals surface area contributed by atoms with Crippen molar-refractivity contribution in [3.8, 4) is 0 Å². The fourth-order valence-electron chi connectivity index (χ4n) is 0.878. The average Bonchev–Trinajstić information content (AvgIpc) is 2.53. The quantitative estimate of drug-likeness (QED) is 0.695.